The first kappa shape index (κ1) is 20.6. The molecule has 2 aromatic rings. The van der Waals surface area contributed by atoms with Crippen LogP contribution in [0.5, 0.6) is 0 Å². The average molecular weight is 388 g/mol. The Morgan fingerprint density at radius 3 is 2.33 bits per heavy atom. The third-order valence-corrected chi connectivity index (χ3v) is 4.99. The minimum atomic E-state index is -0.462. The highest BCUT2D eigenvalue weighted by Gasteiger charge is 2.11. The number of hydrogen-bond acceptors (Lipinski definition) is 4. The number of benzene rings is 2. The highest BCUT2D eigenvalue weighted by molar-refractivity contribution is 8.00. The fourth-order valence-electron chi connectivity index (χ4n) is 2.23. The summed E-state index contributed by atoms with van der Waals surface area (Å²) < 4.78 is 13.5. The van der Waals surface area contributed by atoms with Gasteiger partial charge in [-0.15, -0.1) is 11.8 Å². The summed E-state index contributed by atoms with van der Waals surface area (Å²) in [4.78, 5) is 36.0. The van der Waals surface area contributed by atoms with Crippen LogP contribution >= 0.6 is 11.8 Å². The van der Waals surface area contributed by atoms with Crippen molar-refractivity contribution in [3.63, 3.8) is 0 Å². The molecule has 0 saturated carbocycles. The quantitative estimate of drug-likeness (QED) is 0.433. The molecule has 0 aromatic heterocycles. The normalized spacial score (nSPS) is 10.3. The number of ketones is 1. The zero-order chi connectivity index (χ0) is 19.8. The van der Waals surface area contributed by atoms with E-state index in [9.17, 15) is 18.8 Å². The third kappa shape index (κ3) is 6.53. The van der Waals surface area contributed by atoms with Crippen molar-refractivity contribution in [3.05, 3.63) is 65.0 Å². The molecule has 0 radical (unpaired) electrons. The van der Waals surface area contributed by atoms with E-state index in [1.54, 1.807) is 30.3 Å². The molecule has 2 N–H and O–H groups in total. The SMILES string of the molecule is Cc1ccc(C(=O)CCC(=O)NNC(=O)CSc2ccccc2F)cc1C. The Morgan fingerprint density at radius 2 is 1.63 bits per heavy atom. The van der Waals surface area contributed by atoms with E-state index in [1.807, 2.05) is 19.9 Å². The van der Waals surface area contributed by atoms with E-state index < -0.39 is 17.6 Å². The lowest BCUT2D eigenvalue weighted by atomic mass is 10.0. The Morgan fingerprint density at radius 1 is 0.926 bits per heavy atom. The molecule has 0 heterocycles. The van der Waals surface area contributed by atoms with Crippen molar-refractivity contribution >= 4 is 29.4 Å². The van der Waals surface area contributed by atoms with Crippen molar-refractivity contribution in [1.82, 2.24) is 10.9 Å². The molecule has 7 heteroatoms. The fourth-order valence-corrected chi connectivity index (χ4v) is 2.97. The van der Waals surface area contributed by atoms with Crippen molar-refractivity contribution < 1.29 is 18.8 Å². The molecule has 0 aliphatic rings. The van der Waals surface area contributed by atoms with Crippen LogP contribution in [0.15, 0.2) is 47.4 Å². The second-order valence-electron chi connectivity index (χ2n) is 6.04. The van der Waals surface area contributed by atoms with Crippen LogP contribution in [0.25, 0.3) is 0 Å². The van der Waals surface area contributed by atoms with Gasteiger partial charge in [-0.1, -0.05) is 24.3 Å². The predicted octanol–water partition coefficient (Wildman–Crippen LogP) is 3.35. The van der Waals surface area contributed by atoms with Gasteiger partial charge in [-0.05, 0) is 43.2 Å². The summed E-state index contributed by atoms with van der Waals surface area (Å²) in [5.41, 5.74) is 7.20. The minimum Gasteiger partial charge on any atom is -0.294 e. The number of carbonyl (C=O) groups is 3. The van der Waals surface area contributed by atoms with Crippen LogP contribution in [-0.4, -0.2) is 23.4 Å². The van der Waals surface area contributed by atoms with E-state index in [-0.39, 0.29) is 24.4 Å². The van der Waals surface area contributed by atoms with E-state index >= 15 is 0 Å². The molecule has 2 rings (SSSR count). The molecule has 0 fully saturated rings. The maximum atomic E-state index is 13.5. The zero-order valence-corrected chi connectivity index (χ0v) is 16.0. The Kier molecular flexibility index (Phi) is 7.55. The minimum absolute atomic E-state index is 0.0352. The number of aryl methyl sites for hydroxylation is 2. The summed E-state index contributed by atoms with van der Waals surface area (Å²) in [5.74, 6) is -1.49. The molecule has 2 amide bonds. The lowest BCUT2D eigenvalue weighted by Gasteiger charge is -2.08. The molecule has 0 aliphatic heterocycles. The number of halogens is 1. The largest absolute Gasteiger partial charge is 0.294 e. The van der Waals surface area contributed by atoms with Crippen molar-refractivity contribution in [2.45, 2.75) is 31.6 Å². The number of amides is 2. The Hall–Kier alpha value is -2.67. The first-order valence-electron chi connectivity index (χ1n) is 8.42. The summed E-state index contributed by atoms with van der Waals surface area (Å²) >= 11 is 1.03. The van der Waals surface area contributed by atoms with Crippen LogP contribution in [0.2, 0.25) is 0 Å². The average Bonchev–Trinajstić information content (AvgIpc) is 2.65. The summed E-state index contributed by atoms with van der Waals surface area (Å²) in [6.07, 6.45) is 0.0146. The molecule has 0 unspecified atom stereocenters. The van der Waals surface area contributed by atoms with Gasteiger partial charge in [0.1, 0.15) is 5.82 Å². The number of hydrogen-bond donors (Lipinski definition) is 2. The van der Waals surface area contributed by atoms with Gasteiger partial charge < -0.3 is 0 Å². The molecule has 5 nitrogen and oxygen atoms in total. The first-order chi connectivity index (χ1) is 12.9. The Bertz CT molecular complexity index is 855. The highest BCUT2D eigenvalue weighted by Crippen LogP contribution is 2.20. The standard InChI is InChI=1S/C20H21FN2O3S/c1-13-7-8-15(11-14(13)2)17(24)9-10-19(25)22-23-20(26)12-27-18-6-4-3-5-16(18)21/h3-8,11H,9-10,12H2,1-2H3,(H,22,25)(H,23,26). The van der Waals surface area contributed by atoms with Crippen LogP contribution in [-0.2, 0) is 9.59 Å². The van der Waals surface area contributed by atoms with E-state index in [2.05, 4.69) is 10.9 Å². The molecule has 0 spiro atoms. The third-order valence-electron chi connectivity index (χ3n) is 3.94. The molecule has 0 aliphatic carbocycles. The fraction of sp³-hybridized carbons (Fsp3) is 0.250. The van der Waals surface area contributed by atoms with Crippen LogP contribution in [0.1, 0.15) is 34.3 Å². The van der Waals surface area contributed by atoms with E-state index in [0.717, 1.165) is 22.9 Å². The van der Waals surface area contributed by atoms with Crippen molar-refractivity contribution in [3.8, 4) is 0 Å². The zero-order valence-electron chi connectivity index (χ0n) is 15.2. The van der Waals surface area contributed by atoms with Gasteiger partial charge in [0.05, 0.1) is 5.75 Å². The monoisotopic (exact) mass is 388 g/mol. The number of thioether (sulfide) groups is 1. The van der Waals surface area contributed by atoms with Gasteiger partial charge in [0.15, 0.2) is 5.78 Å². The lowest BCUT2D eigenvalue weighted by molar-refractivity contribution is -0.127. The van der Waals surface area contributed by atoms with Gasteiger partial charge in [-0.2, -0.15) is 0 Å². The van der Waals surface area contributed by atoms with Gasteiger partial charge in [0, 0.05) is 23.3 Å². The second-order valence-corrected chi connectivity index (χ2v) is 7.05. The number of carbonyl (C=O) groups excluding carboxylic acids is 3. The van der Waals surface area contributed by atoms with E-state index in [1.165, 1.54) is 6.07 Å². The molecular weight excluding hydrogens is 367 g/mol. The van der Waals surface area contributed by atoms with Crippen LogP contribution in [0, 0.1) is 19.7 Å². The van der Waals surface area contributed by atoms with Gasteiger partial charge in [0.2, 0.25) is 11.8 Å². The van der Waals surface area contributed by atoms with Gasteiger partial charge in [-0.25, -0.2) is 4.39 Å². The molecule has 2 aromatic carbocycles. The number of rotatable bonds is 7. The van der Waals surface area contributed by atoms with Crippen LogP contribution in [0.3, 0.4) is 0 Å². The maximum absolute atomic E-state index is 13.5. The van der Waals surface area contributed by atoms with Crippen molar-refractivity contribution in [1.29, 1.82) is 0 Å². The summed E-state index contributed by atoms with van der Waals surface area (Å²) in [6, 6.07) is 11.5. The molecule has 0 atom stereocenters. The van der Waals surface area contributed by atoms with E-state index in [4.69, 9.17) is 0 Å². The second kappa shape index (κ2) is 9.87. The number of Topliss-reactive ketones (excluding diaryl/α,β-unsaturated/α-hetero) is 1. The lowest BCUT2D eigenvalue weighted by Crippen LogP contribution is -2.42. The molecule has 0 bridgehead atoms. The smallest absolute Gasteiger partial charge is 0.248 e. The highest BCUT2D eigenvalue weighted by atomic mass is 32.2. The number of nitrogens with one attached hydrogen (secondary N) is 2. The van der Waals surface area contributed by atoms with Crippen molar-refractivity contribution in [2.75, 3.05) is 5.75 Å². The number of hydrazine groups is 1. The molecule has 27 heavy (non-hydrogen) atoms. The van der Waals surface area contributed by atoms with Gasteiger partial charge in [-0.3, -0.25) is 25.2 Å². The molecule has 0 saturated heterocycles. The maximum Gasteiger partial charge on any atom is 0.248 e. The molecular formula is C20H21FN2O3S. The van der Waals surface area contributed by atoms with Crippen molar-refractivity contribution in [2.24, 2.45) is 0 Å². The van der Waals surface area contributed by atoms with Crippen LogP contribution in [0.4, 0.5) is 4.39 Å². The Balaban J connectivity index is 1.71. The van der Waals surface area contributed by atoms with Gasteiger partial charge in [0.25, 0.3) is 0 Å². The van der Waals surface area contributed by atoms with E-state index in [0.29, 0.717) is 10.5 Å². The Labute approximate surface area is 161 Å². The van der Waals surface area contributed by atoms with Gasteiger partial charge >= 0.3 is 0 Å². The molecule has 142 valence electrons. The van der Waals surface area contributed by atoms with Crippen LogP contribution < -0.4 is 10.9 Å². The predicted molar refractivity (Wildman–Crippen MR) is 103 cm³/mol. The summed E-state index contributed by atoms with van der Waals surface area (Å²) in [6.45, 7) is 3.89. The summed E-state index contributed by atoms with van der Waals surface area (Å²) in [5, 5.41) is 0. The topological polar surface area (TPSA) is 75.3 Å². The summed E-state index contributed by atoms with van der Waals surface area (Å²) in [7, 11) is 0. The first-order valence-corrected chi connectivity index (χ1v) is 9.41.